The maximum atomic E-state index is 12.4. The molecule has 0 radical (unpaired) electrons. The lowest BCUT2D eigenvalue weighted by Gasteiger charge is -2.25. The Bertz CT molecular complexity index is 416. The summed E-state index contributed by atoms with van der Waals surface area (Å²) in [4.78, 5) is 12.4. The summed E-state index contributed by atoms with van der Waals surface area (Å²) in [5.41, 5.74) is 6.47. The van der Waals surface area contributed by atoms with Gasteiger partial charge in [-0.15, -0.1) is 0 Å². The third-order valence-corrected chi connectivity index (χ3v) is 3.69. The molecule has 1 heterocycles. The van der Waals surface area contributed by atoms with Crippen LogP contribution >= 0.6 is 11.6 Å². The van der Waals surface area contributed by atoms with Crippen LogP contribution in [0.3, 0.4) is 0 Å². The molecule has 17 heavy (non-hydrogen) atoms. The standard InChI is InChI=1S/C12H18ClN3O/c1-2-16-11(10(13)7-15-16)12(17)8-4-3-5-9(14)6-8/h7-9H,2-6,14H2,1H3. The van der Waals surface area contributed by atoms with Crippen LogP contribution in [0.4, 0.5) is 0 Å². The fourth-order valence-electron chi connectivity index (χ4n) is 2.51. The molecular weight excluding hydrogens is 238 g/mol. The molecule has 1 aliphatic carbocycles. The van der Waals surface area contributed by atoms with E-state index in [1.807, 2.05) is 6.92 Å². The Labute approximate surface area is 106 Å². The van der Waals surface area contributed by atoms with Crippen molar-refractivity contribution in [1.29, 1.82) is 0 Å². The minimum atomic E-state index is 0.0123. The molecule has 94 valence electrons. The first-order valence-electron chi connectivity index (χ1n) is 6.14. The molecule has 4 nitrogen and oxygen atoms in total. The molecule has 1 aromatic heterocycles. The summed E-state index contributed by atoms with van der Waals surface area (Å²) < 4.78 is 1.67. The third-order valence-electron chi connectivity index (χ3n) is 3.41. The normalized spacial score (nSPS) is 24.9. The van der Waals surface area contributed by atoms with Crippen molar-refractivity contribution in [3.63, 3.8) is 0 Å². The lowest BCUT2D eigenvalue weighted by Crippen LogP contribution is -2.32. The second-order valence-electron chi connectivity index (χ2n) is 4.64. The van der Waals surface area contributed by atoms with Gasteiger partial charge in [-0.1, -0.05) is 18.0 Å². The van der Waals surface area contributed by atoms with Gasteiger partial charge in [0.25, 0.3) is 0 Å². The van der Waals surface area contributed by atoms with Crippen molar-refractivity contribution in [1.82, 2.24) is 9.78 Å². The summed E-state index contributed by atoms with van der Waals surface area (Å²) in [5.74, 6) is 0.114. The predicted octanol–water partition coefficient (Wildman–Crippen LogP) is 2.26. The number of ketones is 1. The Kier molecular flexibility index (Phi) is 3.84. The molecule has 0 aromatic carbocycles. The van der Waals surface area contributed by atoms with Gasteiger partial charge >= 0.3 is 0 Å². The van der Waals surface area contributed by atoms with Gasteiger partial charge < -0.3 is 5.73 Å². The molecule has 0 amide bonds. The Morgan fingerprint density at radius 3 is 3.06 bits per heavy atom. The van der Waals surface area contributed by atoms with Gasteiger partial charge in [-0.3, -0.25) is 9.48 Å². The topological polar surface area (TPSA) is 60.9 Å². The van der Waals surface area contributed by atoms with Gasteiger partial charge in [-0.25, -0.2) is 0 Å². The van der Waals surface area contributed by atoms with E-state index in [1.165, 1.54) is 0 Å². The molecule has 1 saturated carbocycles. The average molecular weight is 256 g/mol. The first kappa shape index (κ1) is 12.6. The zero-order valence-corrected chi connectivity index (χ0v) is 10.8. The van der Waals surface area contributed by atoms with E-state index >= 15 is 0 Å². The molecule has 2 N–H and O–H groups in total. The van der Waals surface area contributed by atoms with E-state index in [0.717, 1.165) is 25.7 Å². The molecule has 0 spiro atoms. The maximum absolute atomic E-state index is 12.4. The van der Waals surface area contributed by atoms with E-state index in [4.69, 9.17) is 17.3 Å². The summed E-state index contributed by atoms with van der Waals surface area (Å²) in [6.45, 7) is 2.61. The largest absolute Gasteiger partial charge is 0.328 e. The molecule has 0 bridgehead atoms. The minimum Gasteiger partial charge on any atom is -0.328 e. The molecule has 5 heteroatoms. The van der Waals surface area contributed by atoms with Crippen LogP contribution in [0.5, 0.6) is 0 Å². The van der Waals surface area contributed by atoms with Crippen LogP contribution in [0.2, 0.25) is 5.02 Å². The molecule has 1 aromatic rings. The Balaban J connectivity index is 2.21. The van der Waals surface area contributed by atoms with Crippen LogP contribution in [0, 0.1) is 5.92 Å². The maximum Gasteiger partial charge on any atom is 0.185 e. The summed E-state index contributed by atoms with van der Waals surface area (Å²) in [5, 5.41) is 4.56. The van der Waals surface area contributed by atoms with E-state index in [2.05, 4.69) is 5.10 Å². The number of aryl methyl sites for hydroxylation is 1. The number of hydrogen-bond donors (Lipinski definition) is 1. The van der Waals surface area contributed by atoms with E-state index < -0.39 is 0 Å². The zero-order chi connectivity index (χ0) is 12.4. The second-order valence-corrected chi connectivity index (χ2v) is 5.05. The first-order chi connectivity index (χ1) is 8.13. The number of aromatic nitrogens is 2. The molecule has 1 fully saturated rings. The fourth-order valence-corrected chi connectivity index (χ4v) is 2.74. The molecule has 2 unspecified atom stereocenters. The van der Waals surface area contributed by atoms with E-state index in [1.54, 1.807) is 10.9 Å². The molecular formula is C12H18ClN3O. The van der Waals surface area contributed by atoms with Crippen LogP contribution in [0.25, 0.3) is 0 Å². The van der Waals surface area contributed by atoms with Crippen LogP contribution in [0.1, 0.15) is 43.1 Å². The summed E-state index contributed by atoms with van der Waals surface area (Å²) in [6.07, 6.45) is 5.27. The van der Waals surface area contributed by atoms with Crippen molar-refractivity contribution >= 4 is 17.4 Å². The Morgan fingerprint density at radius 2 is 2.41 bits per heavy atom. The third kappa shape index (κ3) is 2.53. The van der Waals surface area contributed by atoms with Gasteiger partial charge in [0.05, 0.1) is 11.2 Å². The monoisotopic (exact) mass is 255 g/mol. The molecule has 1 aliphatic rings. The second kappa shape index (κ2) is 5.19. The molecule has 0 aliphatic heterocycles. The quantitative estimate of drug-likeness (QED) is 0.843. The summed E-state index contributed by atoms with van der Waals surface area (Å²) in [7, 11) is 0. The van der Waals surface area contributed by atoms with Crippen molar-refractivity contribution in [3.8, 4) is 0 Å². The van der Waals surface area contributed by atoms with Crippen LogP contribution in [-0.2, 0) is 6.54 Å². The van der Waals surface area contributed by atoms with Gasteiger partial charge in [0.15, 0.2) is 5.78 Å². The van der Waals surface area contributed by atoms with Gasteiger partial charge in [0.1, 0.15) is 5.69 Å². The fraction of sp³-hybridized carbons (Fsp3) is 0.667. The summed E-state index contributed by atoms with van der Waals surface area (Å²) in [6, 6.07) is 0.148. The van der Waals surface area contributed by atoms with Crippen molar-refractivity contribution in [2.75, 3.05) is 0 Å². The van der Waals surface area contributed by atoms with Gasteiger partial charge in [-0.2, -0.15) is 5.10 Å². The van der Waals surface area contributed by atoms with Crippen LogP contribution in [-0.4, -0.2) is 21.6 Å². The highest BCUT2D eigenvalue weighted by atomic mass is 35.5. The Hall–Kier alpha value is -0.870. The number of Topliss-reactive ketones (excluding diaryl/α,β-unsaturated/α-hetero) is 1. The van der Waals surface area contributed by atoms with Gasteiger partial charge in [0, 0.05) is 18.5 Å². The van der Waals surface area contributed by atoms with E-state index in [-0.39, 0.29) is 17.7 Å². The number of rotatable bonds is 3. The van der Waals surface area contributed by atoms with Crippen LogP contribution in [0.15, 0.2) is 6.20 Å². The highest BCUT2D eigenvalue weighted by Gasteiger charge is 2.29. The van der Waals surface area contributed by atoms with Gasteiger partial charge in [-0.05, 0) is 26.2 Å². The first-order valence-corrected chi connectivity index (χ1v) is 6.52. The number of halogens is 1. The number of nitrogens with zero attached hydrogens (tertiary/aromatic N) is 2. The minimum absolute atomic E-state index is 0.0123. The molecule has 2 atom stereocenters. The predicted molar refractivity (Wildman–Crippen MR) is 67.2 cm³/mol. The summed E-state index contributed by atoms with van der Waals surface area (Å²) >= 11 is 6.04. The lowest BCUT2D eigenvalue weighted by molar-refractivity contribution is 0.0870. The molecule has 2 rings (SSSR count). The zero-order valence-electron chi connectivity index (χ0n) is 10.0. The highest BCUT2D eigenvalue weighted by molar-refractivity contribution is 6.33. The SMILES string of the molecule is CCn1ncc(Cl)c1C(=O)C1CCCC(N)C1. The number of carbonyl (C=O) groups is 1. The van der Waals surface area contributed by atoms with Crippen molar-refractivity contribution in [2.24, 2.45) is 11.7 Å². The van der Waals surface area contributed by atoms with Crippen molar-refractivity contribution in [2.45, 2.75) is 45.2 Å². The number of hydrogen-bond acceptors (Lipinski definition) is 3. The lowest BCUT2D eigenvalue weighted by atomic mass is 9.82. The number of carbonyl (C=O) groups excluding carboxylic acids is 1. The highest BCUT2D eigenvalue weighted by Crippen LogP contribution is 2.28. The van der Waals surface area contributed by atoms with Gasteiger partial charge in [0.2, 0.25) is 0 Å². The van der Waals surface area contributed by atoms with Crippen LogP contribution < -0.4 is 5.73 Å². The Morgan fingerprint density at radius 1 is 1.65 bits per heavy atom. The average Bonchev–Trinajstić information content (AvgIpc) is 2.69. The van der Waals surface area contributed by atoms with Crippen molar-refractivity contribution < 1.29 is 4.79 Å². The molecule has 0 saturated heterocycles. The smallest absolute Gasteiger partial charge is 0.185 e. The van der Waals surface area contributed by atoms with E-state index in [0.29, 0.717) is 17.3 Å². The van der Waals surface area contributed by atoms with Crippen molar-refractivity contribution in [3.05, 3.63) is 16.9 Å². The number of nitrogens with two attached hydrogens (primary N) is 1. The van der Waals surface area contributed by atoms with E-state index in [9.17, 15) is 4.79 Å².